The molecule has 0 saturated carbocycles. The van der Waals surface area contributed by atoms with Gasteiger partial charge in [0.25, 0.3) is 0 Å². The van der Waals surface area contributed by atoms with E-state index in [4.69, 9.17) is 15.6 Å². The summed E-state index contributed by atoms with van der Waals surface area (Å²) in [4.78, 5) is 10.5. The number of aliphatic carboxylic acids is 1. The van der Waals surface area contributed by atoms with Crippen LogP contribution in [0.4, 0.5) is 0 Å². The molecule has 15 heavy (non-hydrogen) atoms. The number of unbranched alkanes of at least 4 members (excludes halogenated alkanes) is 5. The van der Waals surface area contributed by atoms with E-state index >= 15 is 0 Å². The van der Waals surface area contributed by atoms with Crippen LogP contribution in [0.3, 0.4) is 0 Å². The van der Waals surface area contributed by atoms with E-state index in [2.05, 4.69) is 6.92 Å². The zero-order valence-corrected chi connectivity index (χ0v) is 9.58. The zero-order valence-electron chi connectivity index (χ0n) is 9.58. The minimum Gasteiger partial charge on any atom is -0.479 e. The van der Waals surface area contributed by atoms with Crippen molar-refractivity contribution in [2.75, 3.05) is 13.2 Å². The van der Waals surface area contributed by atoms with Gasteiger partial charge in [-0.05, 0) is 6.42 Å². The number of nitrogens with two attached hydrogens (primary N) is 1. The second-order valence-electron chi connectivity index (χ2n) is 3.70. The van der Waals surface area contributed by atoms with Crippen molar-refractivity contribution in [3.63, 3.8) is 0 Å². The van der Waals surface area contributed by atoms with Crippen LogP contribution in [0.5, 0.6) is 0 Å². The van der Waals surface area contributed by atoms with Gasteiger partial charge in [-0.15, -0.1) is 0 Å². The average Bonchev–Trinajstić information content (AvgIpc) is 2.21. The molecule has 0 aromatic rings. The van der Waals surface area contributed by atoms with Crippen molar-refractivity contribution in [3.05, 3.63) is 0 Å². The van der Waals surface area contributed by atoms with Gasteiger partial charge in [-0.25, -0.2) is 4.79 Å². The quantitative estimate of drug-likeness (QED) is 0.547. The van der Waals surface area contributed by atoms with Gasteiger partial charge in [0.05, 0.1) is 0 Å². The van der Waals surface area contributed by atoms with Gasteiger partial charge in [0.2, 0.25) is 0 Å². The molecule has 90 valence electrons. The normalized spacial score (nSPS) is 12.7. The van der Waals surface area contributed by atoms with Gasteiger partial charge in [0.15, 0.2) is 6.10 Å². The van der Waals surface area contributed by atoms with E-state index < -0.39 is 12.1 Å². The van der Waals surface area contributed by atoms with Crippen molar-refractivity contribution >= 4 is 5.97 Å². The van der Waals surface area contributed by atoms with Gasteiger partial charge in [-0.3, -0.25) is 0 Å². The Morgan fingerprint density at radius 3 is 2.40 bits per heavy atom. The van der Waals surface area contributed by atoms with E-state index in [-0.39, 0.29) is 6.54 Å². The maximum absolute atomic E-state index is 10.5. The van der Waals surface area contributed by atoms with Crippen LogP contribution in [0.1, 0.15) is 45.4 Å². The third kappa shape index (κ3) is 8.39. The molecule has 0 aromatic carbocycles. The molecule has 0 aliphatic rings. The Balaban J connectivity index is 3.25. The van der Waals surface area contributed by atoms with Crippen LogP contribution in [-0.2, 0) is 9.53 Å². The summed E-state index contributed by atoms with van der Waals surface area (Å²) in [6.07, 6.45) is 6.19. The zero-order chi connectivity index (χ0) is 11.5. The summed E-state index contributed by atoms with van der Waals surface area (Å²) in [7, 11) is 0. The lowest BCUT2D eigenvalue weighted by Gasteiger charge is -2.10. The van der Waals surface area contributed by atoms with Crippen LogP contribution in [-0.4, -0.2) is 30.3 Å². The fourth-order valence-electron chi connectivity index (χ4n) is 1.35. The van der Waals surface area contributed by atoms with Gasteiger partial charge < -0.3 is 15.6 Å². The largest absolute Gasteiger partial charge is 0.479 e. The summed E-state index contributed by atoms with van der Waals surface area (Å²) in [5.41, 5.74) is 5.25. The Labute approximate surface area is 91.8 Å². The van der Waals surface area contributed by atoms with Crippen LogP contribution in [0.25, 0.3) is 0 Å². The Morgan fingerprint density at radius 1 is 1.27 bits per heavy atom. The smallest absolute Gasteiger partial charge is 0.334 e. The molecule has 0 aromatic heterocycles. The highest BCUT2D eigenvalue weighted by Crippen LogP contribution is 2.05. The lowest BCUT2D eigenvalue weighted by atomic mass is 10.1. The lowest BCUT2D eigenvalue weighted by molar-refractivity contribution is -0.149. The molecule has 0 aliphatic heterocycles. The van der Waals surface area contributed by atoms with Gasteiger partial charge in [0, 0.05) is 13.2 Å². The minimum absolute atomic E-state index is 0.0468. The maximum Gasteiger partial charge on any atom is 0.334 e. The lowest BCUT2D eigenvalue weighted by Crippen LogP contribution is -2.32. The van der Waals surface area contributed by atoms with Crippen molar-refractivity contribution in [1.29, 1.82) is 0 Å². The Hall–Kier alpha value is -0.610. The predicted molar refractivity (Wildman–Crippen MR) is 59.8 cm³/mol. The molecule has 0 saturated heterocycles. The first-order valence-electron chi connectivity index (χ1n) is 5.76. The molecule has 4 heteroatoms. The Morgan fingerprint density at radius 2 is 1.87 bits per heavy atom. The van der Waals surface area contributed by atoms with Crippen molar-refractivity contribution < 1.29 is 14.6 Å². The number of carbonyl (C=O) groups is 1. The molecule has 0 fully saturated rings. The van der Waals surface area contributed by atoms with Crippen molar-refractivity contribution in [2.45, 2.75) is 51.6 Å². The van der Waals surface area contributed by atoms with E-state index in [0.29, 0.717) is 6.61 Å². The van der Waals surface area contributed by atoms with E-state index in [1.807, 2.05) is 0 Å². The molecule has 0 rings (SSSR count). The minimum atomic E-state index is -0.969. The highest BCUT2D eigenvalue weighted by atomic mass is 16.5. The van der Waals surface area contributed by atoms with Crippen molar-refractivity contribution in [3.8, 4) is 0 Å². The number of carboxylic acids is 1. The molecule has 4 nitrogen and oxygen atoms in total. The highest BCUT2D eigenvalue weighted by Gasteiger charge is 2.14. The number of rotatable bonds is 10. The van der Waals surface area contributed by atoms with E-state index in [1.54, 1.807) is 0 Å². The van der Waals surface area contributed by atoms with Gasteiger partial charge in [-0.2, -0.15) is 0 Å². The molecule has 1 unspecified atom stereocenters. The van der Waals surface area contributed by atoms with Crippen LogP contribution >= 0.6 is 0 Å². The first-order chi connectivity index (χ1) is 7.22. The van der Waals surface area contributed by atoms with Gasteiger partial charge in [-0.1, -0.05) is 39.0 Å². The summed E-state index contributed by atoms with van der Waals surface area (Å²) >= 11 is 0. The molecular formula is C11H23NO3. The second kappa shape index (κ2) is 9.93. The van der Waals surface area contributed by atoms with Crippen LogP contribution < -0.4 is 5.73 Å². The first-order valence-corrected chi connectivity index (χ1v) is 5.76. The van der Waals surface area contributed by atoms with Crippen molar-refractivity contribution in [2.24, 2.45) is 5.73 Å². The molecule has 1 atom stereocenters. The first kappa shape index (κ1) is 14.4. The molecule has 0 aliphatic carbocycles. The molecule has 0 amide bonds. The third-order valence-electron chi connectivity index (χ3n) is 2.31. The number of ether oxygens (including phenoxy) is 1. The Kier molecular flexibility index (Phi) is 9.52. The summed E-state index contributed by atoms with van der Waals surface area (Å²) < 4.78 is 5.13. The summed E-state index contributed by atoms with van der Waals surface area (Å²) in [5.74, 6) is -0.969. The second-order valence-corrected chi connectivity index (χ2v) is 3.70. The van der Waals surface area contributed by atoms with Crippen LogP contribution in [0, 0.1) is 0 Å². The van der Waals surface area contributed by atoms with E-state index in [1.165, 1.54) is 25.7 Å². The van der Waals surface area contributed by atoms with Gasteiger partial charge >= 0.3 is 5.97 Å². The fraction of sp³-hybridized carbons (Fsp3) is 0.909. The Bertz CT molecular complexity index is 162. The molecular weight excluding hydrogens is 194 g/mol. The maximum atomic E-state index is 10.5. The topological polar surface area (TPSA) is 72.5 Å². The van der Waals surface area contributed by atoms with Crippen LogP contribution in [0.15, 0.2) is 0 Å². The van der Waals surface area contributed by atoms with Gasteiger partial charge in [0.1, 0.15) is 0 Å². The highest BCUT2D eigenvalue weighted by molar-refractivity contribution is 5.72. The number of carboxylic acid groups (broad SMARTS) is 1. The van der Waals surface area contributed by atoms with E-state index in [0.717, 1.165) is 12.8 Å². The summed E-state index contributed by atoms with van der Waals surface area (Å²) in [6, 6.07) is 0. The van der Waals surface area contributed by atoms with Crippen molar-refractivity contribution in [1.82, 2.24) is 0 Å². The summed E-state index contributed by atoms with van der Waals surface area (Å²) in [6.45, 7) is 2.73. The number of hydrogen-bond acceptors (Lipinski definition) is 3. The molecule has 0 radical (unpaired) electrons. The van der Waals surface area contributed by atoms with E-state index in [9.17, 15) is 4.79 Å². The SMILES string of the molecule is CCCCCCCCOC(CN)C(=O)O. The predicted octanol–water partition coefficient (Wildman–Crippen LogP) is 1.78. The summed E-state index contributed by atoms with van der Waals surface area (Å²) in [5, 5.41) is 8.64. The number of hydrogen-bond donors (Lipinski definition) is 2. The molecule has 3 N–H and O–H groups in total. The molecule has 0 spiro atoms. The molecule has 0 bridgehead atoms. The van der Waals surface area contributed by atoms with Crippen LogP contribution in [0.2, 0.25) is 0 Å². The average molecular weight is 217 g/mol. The fourth-order valence-corrected chi connectivity index (χ4v) is 1.35. The standard InChI is InChI=1S/C11H23NO3/c1-2-3-4-5-6-7-8-15-10(9-12)11(13)14/h10H,2-9,12H2,1H3,(H,13,14). The monoisotopic (exact) mass is 217 g/mol. The third-order valence-corrected chi connectivity index (χ3v) is 2.31. The molecule has 0 heterocycles.